The molecule has 3 heterocycles. The lowest BCUT2D eigenvalue weighted by Gasteiger charge is -2.34. The molecule has 1 saturated heterocycles. The third kappa shape index (κ3) is 4.65. The minimum atomic E-state index is -0.0360. The maximum Gasteiger partial charge on any atom is 0.256 e. The first-order valence-electron chi connectivity index (χ1n) is 12.1. The zero-order valence-corrected chi connectivity index (χ0v) is 20.7. The quantitative estimate of drug-likeness (QED) is 0.386. The van der Waals surface area contributed by atoms with Gasteiger partial charge in [-0.2, -0.15) is 0 Å². The van der Waals surface area contributed by atoms with Gasteiger partial charge in [-0.3, -0.25) is 9.69 Å². The number of aromatic nitrogens is 2. The predicted octanol–water partition coefficient (Wildman–Crippen LogP) is 3.89. The molecular weight excluding hydrogens is 454 g/mol. The van der Waals surface area contributed by atoms with Crippen molar-refractivity contribution in [1.29, 1.82) is 0 Å². The first kappa shape index (κ1) is 23.8. The zero-order valence-electron chi connectivity index (χ0n) is 20.7. The Morgan fingerprint density at radius 2 is 1.83 bits per heavy atom. The number of H-pyrrole nitrogens is 1. The normalized spacial score (nSPS) is 14.3. The van der Waals surface area contributed by atoms with Crippen LogP contribution in [0.2, 0.25) is 0 Å². The number of aromatic amines is 1. The number of nitrogen functional groups attached to an aromatic ring is 1. The lowest BCUT2D eigenvalue weighted by Crippen LogP contribution is -2.49. The summed E-state index contributed by atoms with van der Waals surface area (Å²) in [4.78, 5) is 25.5. The molecule has 0 atom stereocenters. The highest BCUT2D eigenvalue weighted by Crippen LogP contribution is 2.36. The maximum atomic E-state index is 13.4. The van der Waals surface area contributed by atoms with Crippen molar-refractivity contribution < 1.29 is 14.3 Å². The van der Waals surface area contributed by atoms with Crippen LogP contribution in [-0.4, -0.2) is 79.2 Å². The molecule has 2 aromatic heterocycles. The average Bonchev–Trinajstić information content (AvgIpc) is 3.35. The van der Waals surface area contributed by atoms with Crippen LogP contribution in [-0.2, 0) is 4.74 Å². The zero-order chi connectivity index (χ0) is 25.1. The van der Waals surface area contributed by atoms with Crippen molar-refractivity contribution in [2.45, 2.75) is 0 Å². The molecule has 186 valence electrons. The van der Waals surface area contributed by atoms with Crippen molar-refractivity contribution in [2.24, 2.45) is 0 Å². The fraction of sp³-hybridized carbons (Fsp3) is 0.286. The Morgan fingerprint density at radius 3 is 2.61 bits per heavy atom. The molecule has 0 spiro atoms. The summed E-state index contributed by atoms with van der Waals surface area (Å²) < 4.78 is 10.7. The van der Waals surface area contributed by atoms with Crippen LogP contribution in [0.5, 0.6) is 5.75 Å². The van der Waals surface area contributed by atoms with E-state index in [0.717, 1.165) is 58.7 Å². The minimum Gasteiger partial charge on any atom is -0.496 e. The molecule has 1 aliphatic heterocycles. The fourth-order valence-corrected chi connectivity index (χ4v) is 4.74. The molecule has 0 saturated carbocycles. The summed E-state index contributed by atoms with van der Waals surface area (Å²) in [6.45, 7) is 4.57. The molecule has 0 unspecified atom stereocenters. The van der Waals surface area contributed by atoms with Gasteiger partial charge in [-0.05, 0) is 29.8 Å². The summed E-state index contributed by atoms with van der Waals surface area (Å²) in [5.74, 6) is 0.762. The number of fused-ring (bicyclic) bond motifs is 1. The average molecular weight is 486 g/mol. The van der Waals surface area contributed by atoms with Crippen molar-refractivity contribution >= 4 is 22.6 Å². The molecule has 1 aliphatic rings. The topological polar surface area (TPSA) is 96.7 Å². The van der Waals surface area contributed by atoms with Gasteiger partial charge in [0.25, 0.3) is 5.91 Å². The molecule has 1 amide bonds. The third-order valence-electron chi connectivity index (χ3n) is 6.82. The van der Waals surface area contributed by atoms with Crippen LogP contribution in [0.4, 0.5) is 5.69 Å². The number of anilines is 1. The van der Waals surface area contributed by atoms with E-state index in [2.05, 4.69) is 20.9 Å². The summed E-state index contributed by atoms with van der Waals surface area (Å²) in [7, 11) is 3.38. The summed E-state index contributed by atoms with van der Waals surface area (Å²) in [6.07, 6.45) is 3.77. The highest BCUT2D eigenvalue weighted by molar-refractivity contribution is 6.01. The van der Waals surface area contributed by atoms with Gasteiger partial charge in [0.15, 0.2) is 0 Å². The number of nitrogens with two attached hydrogens (primary N) is 1. The molecule has 3 N–H and O–H groups in total. The monoisotopic (exact) mass is 485 g/mol. The van der Waals surface area contributed by atoms with Gasteiger partial charge in [0.2, 0.25) is 0 Å². The van der Waals surface area contributed by atoms with Crippen LogP contribution in [0, 0.1) is 0 Å². The predicted molar refractivity (Wildman–Crippen MR) is 142 cm³/mol. The highest BCUT2D eigenvalue weighted by atomic mass is 16.5. The Bertz CT molecular complexity index is 1370. The first-order valence-corrected chi connectivity index (χ1v) is 12.1. The van der Waals surface area contributed by atoms with Crippen molar-refractivity contribution in [3.8, 4) is 28.0 Å². The molecule has 36 heavy (non-hydrogen) atoms. The van der Waals surface area contributed by atoms with E-state index in [0.29, 0.717) is 30.9 Å². The number of piperazine rings is 1. The number of pyridine rings is 1. The standard InChI is InChI=1S/C28H31N5O3/c1-35-14-13-32-9-11-33(12-10-32)28(34)23-15-19(7-8-25(23)29)20-16-22-24(18-31-27(22)30-17-20)21-5-3-4-6-26(21)36-2/h3-8,15-18H,9-14,29H2,1-2H3,(H,30,31). The number of nitrogens with one attached hydrogen (secondary N) is 1. The van der Waals surface area contributed by atoms with E-state index in [1.165, 1.54) is 0 Å². The number of hydrogen-bond donors (Lipinski definition) is 2. The van der Waals surface area contributed by atoms with E-state index in [9.17, 15) is 4.79 Å². The lowest BCUT2D eigenvalue weighted by molar-refractivity contribution is 0.0595. The van der Waals surface area contributed by atoms with Crippen molar-refractivity contribution in [2.75, 3.05) is 59.3 Å². The van der Waals surface area contributed by atoms with Gasteiger partial charge >= 0.3 is 0 Å². The van der Waals surface area contributed by atoms with Crippen molar-refractivity contribution in [3.05, 3.63) is 66.5 Å². The number of ether oxygens (including phenoxy) is 2. The van der Waals surface area contributed by atoms with Crippen LogP contribution >= 0.6 is 0 Å². The van der Waals surface area contributed by atoms with Gasteiger partial charge in [0.05, 0.1) is 19.3 Å². The van der Waals surface area contributed by atoms with Gasteiger partial charge in [-0.1, -0.05) is 24.3 Å². The van der Waals surface area contributed by atoms with E-state index in [4.69, 9.17) is 15.2 Å². The van der Waals surface area contributed by atoms with Crippen molar-refractivity contribution in [3.63, 3.8) is 0 Å². The van der Waals surface area contributed by atoms with E-state index < -0.39 is 0 Å². The lowest BCUT2D eigenvalue weighted by atomic mass is 9.99. The van der Waals surface area contributed by atoms with Crippen LogP contribution in [0.25, 0.3) is 33.3 Å². The molecule has 8 heteroatoms. The number of carbonyl (C=O) groups excluding carboxylic acids is 1. The SMILES string of the molecule is COCCN1CCN(C(=O)c2cc(-c3cnc4[nH]cc(-c5ccccc5OC)c4c3)ccc2N)CC1. The third-order valence-corrected chi connectivity index (χ3v) is 6.82. The molecule has 8 nitrogen and oxygen atoms in total. The van der Waals surface area contributed by atoms with Gasteiger partial charge in [-0.25, -0.2) is 4.98 Å². The number of rotatable bonds is 7. The maximum absolute atomic E-state index is 13.4. The van der Waals surface area contributed by atoms with Gasteiger partial charge < -0.3 is 25.1 Å². The summed E-state index contributed by atoms with van der Waals surface area (Å²) in [5, 5.41) is 0.980. The van der Waals surface area contributed by atoms with E-state index >= 15 is 0 Å². The first-order chi connectivity index (χ1) is 17.6. The summed E-state index contributed by atoms with van der Waals surface area (Å²) in [5.41, 5.74) is 11.9. The summed E-state index contributed by atoms with van der Waals surface area (Å²) in [6, 6.07) is 15.6. The number of benzene rings is 2. The molecule has 0 aliphatic carbocycles. The van der Waals surface area contributed by atoms with Crippen LogP contribution in [0.1, 0.15) is 10.4 Å². The van der Waals surface area contributed by atoms with E-state index in [1.54, 1.807) is 20.3 Å². The molecule has 4 aromatic rings. The van der Waals surface area contributed by atoms with Crippen molar-refractivity contribution in [1.82, 2.24) is 19.8 Å². The molecule has 0 bridgehead atoms. The second-order valence-corrected chi connectivity index (χ2v) is 8.95. The molecule has 1 fully saturated rings. The van der Waals surface area contributed by atoms with E-state index in [-0.39, 0.29) is 5.91 Å². The Hall–Kier alpha value is -3.88. The molecule has 2 aromatic carbocycles. The Kier molecular flexibility index (Phi) is 6.88. The smallest absolute Gasteiger partial charge is 0.256 e. The number of carbonyl (C=O) groups is 1. The van der Waals surface area contributed by atoms with Crippen LogP contribution < -0.4 is 10.5 Å². The Balaban J connectivity index is 1.43. The highest BCUT2D eigenvalue weighted by Gasteiger charge is 2.24. The molecular formula is C28H31N5O3. The van der Waals surface area contributed by atoms with Crippen LogP contribution in [0.3, 0.4) is 0 Å². The number of methoxy groups -OCH3 is 2. The fourth-order valence-electron chi connectivity index (χ4n) is 4.74. The largest absolute Gasteiger partial charge is 0.496 e. The second kappa shape index (κ2) is 10.4. The Morgan fingerprint density at radius 1 is 1.03 bits per heavy atom. The molecule has 5 rings (SSSR count). The van der Waals surface area contributed by atoms with E-state index in [1.807, 2.05) is 53.7 Å². The number of para-hydroxylation sites is 1. The van der Waals surface area contributed by atoms with Crippen LogP contribution in [0.15, 0.2) is 60.9 Å². The second-order valence-electron chi connectivity index (χ2n) is 8.95. The van der Waals surface area contributed by atoms with Gasteiger partial charge in [0.1, 0.15) is 11.4 Å². The van der Waals surface area contributed by atoms with Gasteiger partial charge in [0, 0.05) is 80.0 Å². The Labute approximate surface area is 210 Å². The number of amides is 1. The number of nitrogens with zero attached hydrogens (tertiary/aromatic N) is 3. The van der Waals surface area contributed by atoms with Gasteiger partial charge in [-0.15, -0.1) is 0 Å². The minimum absolute atomic E-state index is 0.0360. The number of hydrogen-bond acceptors (Lipinski definition) is 6. The molecule has 0 radical (unpaired) electrons. The summed E-state index contributed by atoms with van der Waals surface area (Å²) >= 11 is 0.